The van der Waals surface area contributed by atoms with Crippen molar-refractivity contribution in [1.82, 2.24) is 14.9 Å². The molecule has 0 radical (unpaired) electrons. The molecule has 2 heterocycles. The monoisotopic (exact) mass is 527 g/mol. The molecule has 2 N–H and O–H groups in total. The molecule has 0 aliphatic carbocycles. The fraction of sp³-hybridized carbons (Fsp3) is 0.281. The summed E-state index contributed by atoms with van der Waals surface area (Å²) in [7, 11) is 2.09. The number of benzene rings is 3. The topological polar surface area (TPSA) is 59.0 Å². The van der Waals surface area contributed by atoms with Crippen LogP contribution in [0.3, 0.4) is 0 Å². The van der Waals surface area contributed by atoms with Gasteiger partial charge in [-0.15, -0.1) is 0 Å². The summed E-state index contributed by atoms with van der Waals surface area (Å²) in [6.07, 6.45) is 2.31. The molecular weight excluding hydrogens is 494 g/mol. The number of rotatable bonds is 9. The van der Waals surface area contributed by atoms with Crippen LogP contribution in [0.4, 0.5) is 0 Å². The van der Waals surface area contributed by atoms with Crippen molar-refractivity contribution in [2.45, 2.75) is 40.0 Å². The Bertz CT molecular complexity index is 1610. The van der Waals surface area contributed by atoms with Gasteiger partial charge >= 0.3 is 0 Å². The summed E-state index contributed by atoms with van der Waals surface area (Å²) in [5.41, 5.74) is 8.40. The Morgan fingerprint density at radius 1 is 0.947 bits per heavy atom. The molecule has 0 unspecified atom stereocenters. The van der Waals surface area contributed by atoms with E-state index in [9.17, 15) is 4.79 Å². The predicted molar refractivity (Wildman–Crippen MR) is 157 cm³/mol. The van der Waals surface area contributed by atoms with Gasteiger partial charge in [0.25, 0.3) is 5.91 Å². The first kappa shape index (κ1) is 25.9. The van der Waals surface area contributed by atoms with Gasteiger partial charge in [0.1, 0.15) is 11.4 Å². The molecule has 0 saturated heterocycles. The number of aryl methyl sites for hydroxylation is 4. The van der Waals surface area contributed by atoms with Gasteiger partial charge in [0.05, 0.1) is 6.61 Å². The maximum absolute atomic E-state index is 13.3. The number of amides is 1. The molecule has 5 rings (SSSR count). The molecule has 0 aliphatic heterocycles. The highest BCUT2D eigenvalue weighted by molar-refractivity contribution is 6.32. The number of hydrogen-bond acceptors (Lipinski definition) is 2. The zero-order valence-corrected chi connectivity index (χ0v) is 23.2. The highest BCUT2D eigenvalue weighted by Crippen LogP contribution is 2.28. The van der Waals surface area contributed by atoms with Crippen LogP contribution in [-0.2, 0) is 19.9 Å². The predicted octanol–water partition coefficient (Wildman–Crippen LogP) is 7.22. The van der Waals surface area contributed by atoms with Crippen LogP contribution in [-0.4, -0.2) is 28.6 Å². The summed E-state index contributed by atoms with van der Waals surface area (Å²) in [6, 6.07) is 20.5. The van der Waals surface area contributed by atoms with Crippen molar-refractivity contribution in [2.24, 2.45) is 7.05 Å². The highest BCUT2D eigenvalue weighted by atomic mass is 35.5. The van der Waals surface area contributed by atoms with E-state index in [1.54, 1.807) is 0 Å². The summed E-state index contributed by atoms with van der Waals surface area (Å²) in [5.74, 6) is 0.754. The van der Waals surface area contributed by atoms with E-state index in [2.05, 4.69) is 59.2 Å². The molecule has 0 fully saturated rings. The van der Waals surface area contributed by atoms with Crippen molar-refractivity contribution in [2.75, 3.05) is 13.2 Å². The van der Waals surface area contributed by atoms with Crippen LogP contribution in [0.25, 0.3) is 21.8 Å². The number of carbonyl (C=O) groups is 1. The lowest BCUT2D eigenvalue weighted by Crippen LogP contribution is -2.27. The van der Waals surface area contributed by atoms with Gasteiger partial charge in [0.2, 0.25) is 0 Å². The van der Waals surface area contributed by atoms with Crippen molar-refractivity contribution < 1.29 is 9.53 Å². The van der Waals surface area contributed by atoms with Gasteiger partial charge in [-0.05, 0) is 86.6 Å². The molecule has 0 spiro atoms. The van der Waals surface area contributed by atoms with Crippen molar-refractivity contribution in [1.29, 1.82) is 0 Å². The van der Waals surface area contributed by atoms with Crippen molar-refractivity contribution in [3.8, 4) is 5.75 Å². The minimum Gasteiger partial charge on any atom is -0.494 e. The molecule has 196 valence electrons. The summed E-state index contributed by atoms with van der Waals surface area (Å²) < 4.78 is 8.24. The molecule has 5 aromatic rings. The largest absolute Gasteiger partial charge is 0.494 e. The molecule has 0 aliphatic rings. The van der Waals surface area contributed by atoms with E-state index >= 15 is 0 Å². The minimum atomic E-state index is -0.0704. The molecule has 6 heteroatoms. The van der Waals surface area contributed by atoms with Gasteiger partial charge in [0, 0.05) is 46.1 Å². The average Bonchev–Trinajstić information content (AvgIpc) is 3.40. The summed E-state index contributed by atoms with van der Waals surface area (Å²) in [6.45, 7) is 7.24. The van der Waals surface area contributed by atoms with Crippen LogP contribution >= 0.6 is 11.6 Å². The minimum absolute atomic E-state index is 0.0704. The molecule has 0 atom stereocenters. The molecule has 0 bridgehead atoms. The zero-order valence-electron chi connectivity index (χ0n) is 22.5. The molecule has 38 heavy (non-hydrogen) atoms. The van der Waals surface area contributed by atoms with Gasteiger partial charge < -0.3 is 19.6 Å². The van der Waals surface area contributed by atoms with E-state index in [1.165, 1.54) is 22.2 Å². The Kier molecular flexibility index (Phi) is 7.48. The van der Waals surface area contributed by atoms with Crippen LogP contribution in [0, 0.1) is 20.8 Å². The molecule has 1 amide bonds. The first-order valence-electron chi connectivity index (χ1n) is 13.2. The fourth-order valence-electron chi connectivity index (χ4n) is 5.39. The Balaban J connectivity index is 1.27. The third-order valence-corrected chi connectivity index (χ3v) is 8.08. The van der Waals surface area contributed by atoms with Gasteiger partial charge in [0.15, 0.2) is 0 Å². The summed E-state index contributed by atoms with van der Waals surface area (Å²) in [5, 5.41) is 6.27. The van der Waals surface area contributed by atoms with Gasteiger partial charge in [-0.1, -0.05) is 48.0 Å². The molecule has 2 aromatic heterocycles. The summed E-state index contributed by atoms with van der Waals surface area (Å²) in [4.78, 5) is 16.7. The number of carbonyl (C=O) groups excluding carboxylic acids is 1. The first-order chi connectivity index (χ1) is 18.3. The third-order valence-electron chi connectivity index (χ3n) is 7.48. The van der Waals surface area contributed by atoms with Crippen molar-refractivity contribution in [3.05, 3.63) is 99.3 Å². The maximum Gasteiger partial charge on any atom is 0.268 e. The number of halogens is 1. The highest BCUT2D eigenvalue weighted by Gasteiger charge is 2.18. The number of para-hydroxylation sites is 2. The molecule has 3 aromatic carbocycles. The lowest BCUT2D eigenvalue weighted by molar-refractivity contribution is 0.0949. The van der Waals surface area contributed by atoms with Gasteiger partial charge in [-0.3, -0.25) is 4.79 Å². The maximum atomic E-state index is 13.3. The van der Waals surface area contributed by atoms with Gasteiger partial charge in [-0.2, -0.15) is 0 Å². The quantitative estimate of drug-likeness (QED) is 0.199. The van der Waals surface area contributed by atoms with Crippen LogP contribution in [0.5, 0.6) is 5.75 Å². The van der Waals surface area contributed by atoms with E-state index < -0.39 is 0 Å². The SMILES string of the molecule is Cc1cc(OCCCc2c(C(=O)NCCc3c(C)n(C)c4ccccc34)[nH]c3ccccc23)cc(C)c1Cl. The second kappa shape index (κ2) is 11.0. The Hall–Kier alpha value is -3.70. The normalized spacial score (nSPS) is 11.4. The van der Waals surface area contributed by atoms with Gasteiger partial charge in [-0.25, -0.2) is 0 Å². The second-order valence-corrected chi connectivity index (χ2v) is 10.4. The van der Waals surface area contributed by atoms with E-state index in [0.717, 1.165) is 57.6 Å². The number of fused-ring (bicyclic) bond motifs is 2. The number of H-pyrrole nitrogens is 1. The number of ether oxygens (including phenoxy) is 1. The van der Waals surface area contributed by atoms with Crippen LogP contribution in [0.2, 0.25) is 5.02 Å². The Morgan fingerprint density at radius 3 is 2.39 bits per heavy atom. The lowest BCUT2D eigenvalue weighted by Gasteiger charge is -2.11. The smallest absolute Gasteiger partial charge is 0.268 e. The number of aromatic amines is 1. The summed E-state index contributed by atoms with van der Waals surface area (Å²) >= 11 is 6.29. The standard InChI is InChI=1S/C32H34ClN3O2/c1-20-18-23(19-21(2)30(20)33)38-17-9-12-27-25-10-5-7-13-28(25)35-31(27)32(37)34-16-15-24-22(3)36(4)29-14-8-6-11-26(24)29/h5-8,10-11,13-14,18-19,35H,9,12,15-17H2,1-4H3,(H,34,37). The van der Waals surface area contributed by atoms with E-state index in [-0.39, 0.29) is 5.91 Å². The Labute approximate surface area is 228 Å². The van der Waals surface area contributed by atoms with Crippen LogP contribution in [0.15, 0.2) is 60.7 Å². The third kappa shape index (κ3) is 5.03. The van der Waals surface area contributed by atoms with E-state index in [4.69, 9.17) is 16.3 Å². The van der Waals surface area contributed by atoms with Crippen molar-refractivity contribution in [3.63, 3.8) is 0 Å². The molecule has 0 saturated carbocycles. The fourth-order valence-corrected chi connectivity index (χ4v) is 5.50. The lowest BCUT2D eigenvalue weighted by atomic mass is 10.0. The average molecular weight is 528 g/mol. The number of aromatic nitrogens is 2. The molecular formula is C32H34ClN3O2. The number of nitrogens with zero attached hydrogens (tertiary/aromatic N) is 1. The van der Waals surface area contributed by atoms with E-state index in [1.807, 2.05) is 44.2 Å². The number of hydrogen-bond donors (Lipinski definition) is 2. The van der Waals surface area contributed by atoms with Crippen LogP contribution in [0.1, 0.15) is 44.9 Å². The van der Waals surface area contributed by atoms with Crippen molar-refractivity contribution >= 4 is 39.3 Å². The van der Waals surface area contributed by atoms with Crippen LogP contribution < -0.4 is 10.1 Å². The number of nitrogens with one attached hydrogen (secondary N) is 2. The first-order valence-corrected chi connectivity index (χ1v) is 13.5. The van der Waals surface area contributed by atoms with E-state index in [0.29, 0.717) is 18.8 Å². The zero-order chi connectivity index (χ0) is 26.8. The second-order valence-electron chi connectivity index (χ2n) is 9.99. The molecule has 5 nitrogen and oxygen atoms in total. The Morgan fingerprint density at radius 2 is 1.63 bits per heavy atom.